The zero-order valence-corrected chi connectivity index (χ0v) is 13.7. The molecule has 0 aliphatic carbocycles. The maximum absolute atomic E-state index is 12.3. The van der Waals surface area contributed by atoms with Crippen LogP contribution in [0.3, 0.4) is 0 Å². The molecule has 1 atom stereocenters. The second-order valence-electron chi connectivity index (χ2n) is 5.56. The Bertz CT molecular complexity index is 508. The summed E-state index contributed by atoms with van der Waals surface area (Å²) in [5.41, 5.74) is 1.44. The van der Waals surface area contributed by atoms with Gasteiger partial charge in [0.1, 0.15) is 5.75 Å². The maximum atomic E-state index is 12.3. The van der Waals surface area contributed by atoms with Gasteiger partial charge in [-0.3, -0.25) is 9.59 Å². The Morgan fingerprint density at radius 1 is 1.23 bits per heavy atom. The van der Waals surface area contributed by atoms with Crippen molar-refractivity contribution >= 4 is 11.8 Å². The average Bonchev–Trinajstić information content (AvgIpc) is 2.52. The largest absolute Gasteiger partial charge is 0.496 e. The predicted molar refractivity (Wildman–Crippen MR) is 86.6 cm³/mol. The third-order valence-corrected chi connectivity index (χ3v) is 3.90. The number of unbranched alkanes of at least 4 members (excludes halogenated alkanes) is 2. The molecule has 0 amide bonds. The highest BCUT2D eigenvalue weighted by Crippen LogP contribution is 2.24. The number of carbonyl (C=O) groups excluding carboxylic acids is 1. The molecule has 0 aromatic heterocycles. The van der Waals surface area contributed by atoms with E-state index in [0.717, 1.165) is 24.8 Å². The maximum Gasteiger partial charge on any atom is 0.306 e. The highest BCUT2D eigenvalue weighted by Gasteiger charge is 2.18. The van der Waals surface area contributed by atoms with E-state index in [-0.39, 0.29) is 5.78 Å². The van der Waals surface area contributed by atoms with Crippen LogP contribution in [0.4, 0.5) is 0 Å². The van der Waals surface area contributed by atoms with Crippen LogP contribution in [-0.2, 0) is 11.2 Å². The van der Waals surface area contributed by atoms with Crippen molar-refractivity contribution in [2.45, 2.75) is 52.4 Å². The summed E-state index contributed by atoms with van der Waals surface area (Å²) in [5.74, 6) is -0.588. The van der Waals surface area contributed by atoms with Crippen molar-refractivity contribution in [2.24, 2.45) is 5.92 Å². The third-order valence-electron chi connectivity index (χ3n) is 3.90. The van der Waals surface area contributed by atoms with Crippen LogP contribution in [0.15, 0.2) is 18.2 Å². The number of Topliss-reactive ketones (excluding diaryl/α,β-unsaturated/α-hetero) is 1. The lowest BCUT2D eigenvalue weighted by atomic mass is 9.94. The number of carboxylic acid groups (broad SMARTS) is 1. The SMILES string of the molecule is CCCCCC(=O)c1cc(CC(CC)C(=O)O)ccc1OC. The molecule has 22 heavy (non-hydrogen) atoms. The minimum absolute atomic E-state index is 0.0653. The molecule has 0 aliphatic heterocycles. The van der Waals surface area contributed by atoms with Crippen LogP contribution in [0.1, 0.15) is 61.9 Å². The number of carbonyl (C=O) groups is 2. The summed E-state index contributed by atoms with van der Waals surface area (Å²) in [4.78, 5) is 23.5. The molecule has 0 fully saturated rings. The third kappa shape index (κ3) is 5.17. The van der Waals surface area contributed by atoms with Crippen LogP contribution in [-0.4, -0.2) is 24.0 Å². The summed E-state index contributed by atoms with van der Waals surface area (Å²) >= 11 is 0. The van der Waals surface area contributed by atoms with E-state index in [1.807, 2.05) is 13.0 Å². The fourth-order valence-electron chi connectivity index (χ4n) is 2.46. The predicted octanol–water partition coefficient (Wildman–Crippen LogP) is 4.11. The molecular formula is C18H26O4. The van der Waals surface area contributed by atoms with E-state index in [0.29, 0.717) is 30.6 Å². The number of aliphatic carboxylic acids is 1. The van der Waals surface area contributed by atoms with Crippen LogP contribution in [0.2, 0.25) is 0 Å². The van der Waals surface area contributed by atoms with Crippen LogP contribution < -0.4 is 4.74 Å². The molecule has 0 spiro atoms. The zero-order valence-electron chi connectivity index (χ0n) is 13.7. The number of ether oxygens (including phenoxy) is 1. The Hall–Kier alpha value is -1.84. The lowest BCUT2D eigenvalue weighted by Crippen LogP contribution is -2.15. The summed E-state index contributed by atoms with van der Waals surface area (Å²) in [6, 6.07) is 5.39. The Labute approximate surface area is 132 Å². The Kier molecular flexibility index (Phi) is 7.64. The molecular weight excluding hydrogens is 280 g/mol. The van der Waals surface area contributed by atoms with E-state index in [1.165, 1.54) is 0 Å². The summed E-state index contributed by atoms with van der Waals surface area (Å²) in [6.45, 7) is 3.96. The molecule has 122 valence electrons. The van der Waals surface area contributed by atoms with E-state index in [9.17, 15) is 9.59 Å². The first-order valence-corrected chi connectivity index (χ1v) is 7.96. The number of ketones is 1. The Morgan fingerprint density at radius 2 is 1.95 bits per heavy atom. The lowest BCUT2D eigenvalue weighted by molar-refractivity contribution is -0.141. The smallest absolute Gasteiger partial charge is 0.306 e. The Balaban J connectivity index is 2.92. The van der Waals surface area contributed by atoms with Gasteiger partial charge in [0.25, 0.3) is 0 Å². The number of carboxylic acids is 1. The number of rotatable bonds is 10. The second-order valence-corrected chi connectivity index (χ2v) is 5.56. The molecule has 1 unspecified atom stereocenters. The van der Waals surface area contributed by atoms with Crippen LogP contribution in [0.5, 0.6) is 5.75 Å². The highest BCUT2D eigenvalue weighted by atomic mass is 16.5. The highest BCUT2D eigenvalue weighted by molar-refractivity contribution is 5.98. The first-order chi connectivity index (χ1) is 10.5. The minimum atomic E-state index is -0.797. The molecule has 1 rings (SSSR count). The minimum Gasteiger partial charge on any atom is -0.496 e. The molecule has 0 saturated heterocycles. The second kappa shape index (κ2) is 9.23. The topological polar surface area (TPSA) is 63.6 Å². The van der Waals surface area contributed by atoms with Crippen LogP contribution >= 0.6 is 0 Å². The first kappa shape index (κ1) is 18.2. The van der Waals surface area contributed by atoms with Crippen molar-refractivity contribution < 1.29 is 19.4 Å². The van der Waals surface area contributed by atoms with Gasteiger partial charge in [0.15, 0.2) is 5.78 Å². The van der Waals surface area contributed by atoms with Gasteiger partial charge in [-0.1, -0.05) is 32.8 Å². The van der Waals surface area contributed by atoms with E-state index in [1.54, 1.807) is 19.2 Å². The van der Waals surface area contributed by atoms with Gasteiger partial charge < -0.3 is 9.84 Å². The van der Waals surface area contributed by atoms with Crippen molar-refractivity contribution in [1.29, 1.82) is 0 Å². The number of methoxy groups -OCH3 is 1. The monoisotopic (exact) mass is 306 g/mol. The molecule has 0 saturated carbocycles. The average molecular weight is 306 g/mol. The van der Waals surface area contributed by atoms with Gasteiger partial charge in [-0.15, -0.1) is 0 Å². The van der Waals surface area contributed by atoms with E-state index < -0.39 is 11.9 Å². The number of hydrogen-bond acceptors (Lipinski definition) is 3. The van der Waals surface area contributed by atoms with Crippen molar-refractivity contribution in [3.63, 3.8) is 0 Å². The summed E-state index contributed by atoms with van der Waals surface area (Å²) in [6.07, 6.45) is 4.48. The van der Waals surface area contributed by atoms with Gasteiger partial charge >= 0.3 is 5.97 Å². The normalized spacial score (nSPS) is 12.0. The summed E-state index contributed by atoms with van der Waals surface area (Å²) in [7, 11) is 1.55. The Morgan fingerprint density at radius 3 is 2.50 bits per heavy atom. The molecule has 0 heterocycles. The van der Waals surface area contributed by atoms with Crippen molar-refractivity contribution in [2.75, 3.05) is 7.11 Å². The van der Waals surface area contributed by atoms with E-state index in [4.69, 9.17) is 9.84 Å². The molecule has 1 N–H and O–H groups in total. The summed E-state index contributed by atoms with van der Waals surface area (Å²) < 4.78 is 5.27. The van der Waals surface area contributed by atoms with E-state index in [2.05, 4.69) is 6.92 Å². The molecule has 4 nitrogen and oxygen atoms in total. The zero-order chi connectivity index (χ0) is 16.5. The van der Waals surface area contributed by atoms with Gasteiger partial charge in [0.2, 0.25) is 0 Å². The molecule has 0 bridgehead atoms. The summed E-state index contributed by atoms with van der Waals surface area (Å²) in [5, 5.41) is 9.17. The lowest BCUT2D eigenvalue weighted by Gasteiger charge is -2.13. The molecule has 1 aromatic carbocycles. The molecule has 4 heteroatoms. The van der Waals surface area contributed by atoms with Gasteiger partial charge in [-0.25, -0.2) is 0 Å². The molecule has 0 aliphatic rings. The van der Waals surface area contributed by atoms with Crippen LogP contribution in [0, 0.1) is 5.92 Å². The standard InChI is InChI=1S/C18H26O4/c1-4-6-7-8-16(19)15-12-13(9-10-17(15)22-3)11-14(5-2)18(20)21/h9-10,12,14H,4-8,11H2,1-3H3,(H,20,21). The first-order valence-electron chi connectivity index (χ1n) is 7.96. The molecule has 0 radical (unpaired) electrons. The van der Waals surface area contributed by atoms with Crippen LogP contribution in [0.25, 0.3) is 0 Å². The van der Waals surface area contributed by atoms with Crippen molar-refractivity contribution in [1.82, 2.24) is 0 Å². The van der Waals surface area contributed by atoms with Crippen molar-refractivity contribution in [3.05, 3.63) is 29.3 Å². The van der Waals surface area contributed by atoms with Gasteiger partial charge in [-0.2, -0.15) is 0 Å². The van der Waals surface area contributed by atoms with Crippen molar-refractivity contribution in [3.8, 4) is 5.75 Å². The van der Waals surface area contributed by atoms with Gasteiger partial charge in [0.05, 0.1) is 18.6 Å². The number of benzene rings is 1. The van der Waals surface area contributed by atoms with E-state index >= 15 is 0 Å². The molecule has 1 aromatic rings. The quantitative estimate of drug-likeness (QED) is 0.522. The fourth-order valence-corrected chi connectivity index (χ4v) is 2.46. The number of hydrogen-bond donors (Lipinski definition) is 1. The van der Waals surface area contributed by atoms with Gasteiger partial charge in [-0.05, 0) is 37.0 Å². The fraction of sp³-hybridized carbons (Fsp3) is 0.556. The van der Waals surface area contributed by atoms with Gasteiger partial charge in [0, 0.05) is 6.42 Å².